The zero-order valence-electron chi connectivity index (χ0n) is 16.6. The number of nitrogens with zero attached hydrogens (tertiary/aromatic N) is 1. The molecule has 1 aliphatic heterocycles. The number of hydrogen-bond donors (Lipinski definition) is 1. The van der Waals surface area contributed by atoms with Crippen molar-refractivity contribution in [3.63, 3.8) is 0 Å². The number of hydrogen-bond acceptors (Lipinski definition) is 4. The molecule has 1 saturated heterocycles. The Bertz CT molecular complexity index is 827. The average Bonchev–Trinajstić information content (AvgIpc) is 2.73. The molecule has 5 nitrogen and oxygen atoms in total. The summed E-state index contributed by atoms with van der Waals surface area (Å²) in [5.74, 6) is 0.710. The van der Waals surface area contributed by atoms with Crippen LogP contribution in [-0.2, 0) is 22.2 Å². The Balaban J connectivity index is 1.41. The summed E-state index contributed by atoms with van der Waals surface area (Å²) in [6, 6.07) is 15.8. The highest BCUT2D eigenvalue weighted by Crippen LogP contribution is 2.20. The van der Waals surface area contributed by atoms with Crippen LogP contribution in [0.4, 0.5) is 5.69 Å². The van der Waals surface area contributed by atoms with Gasteiger partial charge in [-0.1, -0.05) is 24.3 Å². The van der Waals surface area contributed by atoms with Crippen molar-refractivity contribution in [2.75, 3.05) is 31.6 Å². The summed E-state index contributed by atoms with van der Waals surface area (Å²) in [4.78, 5) is 2.45. The molecule has 28 heavy (non-hydrogen) atoms. The minimum atomic E-state index is -3.33. The van der Waals surface area contributed by atoms with Gasteiger partial charge in [-0.25, -0.2) is 13.1 Å². The van der Waals surface area contributed by atoms with E-state index in [0.29, 0.717) is 6.54 Å². The van der Waals surface area contributed by atoms with Crippen LogP contribution in [0.3, 0.4) is 0 Å². The van der Waals surface area contributed by atoms with Crippen LogP contribution in [0.2, 0.25) is 0 Å². The van der Waals surface area contributed by atoms with Crippen LogP contribution in [0.15, 0.2) is 48.5 Å². The first kappa shape index (κ1) is 20.7. The molecule has 0 bridgehead atoms. The Hall–Kier alpha value is -2.05. The van der Waals surface area contributed by atoms with Crippen LogP contribution in [0.25, 0.3) is 0 Å². The van der Waals surface area contributed by atoms with Gasteiger partial charge in [-0.3, -0.25) is 0 Å². The Morgan fingerprint density at radius 1 is 0.929 bits per heavy atom. The van der Waals surface area contributed by atoms with E-state index in [2.05, 4.69) is 33.9 Å². The van der Waals surface area contributed by atoms with Gasteiger partial charge >= 0.3 is 0 Å². The van der Waals surface area contributed by atoms with Crippen LogP contribution in [0.5, 0.6) is 5.75 Å². The van der Waals surface area contributed by atoms with E-state index >= 15 is 0 Å². The molecule has 0 saturated carbocycles. The number of sulfonamides is 1. The smallest absolute Gasteiger partial charge is 0.215 e. The molecule has 1 N–H and O–H groups in total. The Morgan fingerprint density at radius 3 is 2.21 bits per heavy atom. The molecule has 2 aromatic carbocycles. The molecule has 6 heteroatoms. The van der Waals surface area contributed by atoms with Crippen molar-refractivity contribution in [1.29, 1.82) is 0 Å². The molecule has 0 spiro atoms. The monoisotopic (exact) mass is 402 g/mol. The molecule has 152 valence electrons. The third-order valence-electron chi connectivity index (χ3n) is 5.14. The number of ether oxygens (including phenoxy) is 1. The molecular formula is C22H30N2O3S. The fourth-order valence-corrected chi connectivity index (χ4v) is 4.73. The summed E-state index contributed by atoms with van der Waals surface area (Å²) < 4.78 is 32.3. The van der Waals surface area contributed by atoms with Crippen molar-refractivity contribution in [1.82, 2.24) is 4.72 Å². The number of anilines is 1. The number of aryl methyl sites for hydroxylation is 1. The van der Waals surface area contributed by atoms with Crippen molar-refractivity contribution in [3.05, 3.63) is 59.7 Å². The highest BCUT2D eigenvalue weighted by atomic mass is 32.2. The van der Waals surface area contributed by atoms with Crippen molar-refractivity contribution in [2.24, 2.45) is 0 Å². The van der Waals surface area contributed by atoms with Gasteiger partial charge in [-0.2, -0.15) is 0 Å². The summed E-state index contributed by atoms with van der Waals surface area (Å²) in [6.45, 7) is 2.75. The van der Waals surface area contributed by atoms with Crippen molar-refractivity contribution < 1.29 is 13.2 Å². The van der Waals surface area contributed by atoms with Crippen molar-refractivity contribution in [3.8, 4) is 5.75 Å². The number of piperidine rings is 1. The van der Waals surface area contributed by atoms with E-state index in [1.54, 1.807) is 31.4 Å². The number of nitrogens with one attached hydrogen (secondary N) is 1. The Morgan fingerprint density at radius 2 is 1.57 bits per heavy atom. The van der Waals surface area contributed by atoms with E-state index in [4.69, 9.17) is 4.74 Å². The van der Waals surface area contributed by atoms with Crippen LogP contribution in [0, 0.1) is 0 Å². The Kier molecular flexibility index (Phi) is 7.34. The summed E-state index contributed by atoms with van der Waals surface area (Å²) in [5.41, 5.74) is 3.29. The minimum absolute atomic E-state index is 0.0124. The fraction of sp³-hybridized carbons (Fsp3) is 0.455. The third-order valence-corrected chi connectivity index (χ3v) is 6.49. The highest BCUT2D eigenvalue weighted by molar-refractivity contribution is 7.88. The highest BCUT2D eigenvalue weighted by Gasteiger charge is 2.12. The molecule has 1 fully saturated rings. The maximum atomic E-state index is 12.2. The maximum absolute atomic E-state index is 12.2. The van der Waals surface area contributed by atoms with Gasteiger partial charge in [0, 0.05) is 25.3 Å². The lowest BCUT2D eigenvalue weighted by atomic mass is 10.1. The van der Waals surface area contributed by atoms with Crippen molar-refractivity contribution in [2.45, 2.75) is 37.9 Å². The first-order valence-electron chi connectivity index (χ1n) is 10.00. The largest absolute Gasteiger partial charge is 0.497 e. The topological polar surface area (TPSA) is 58.6 Å². The normalized spacial score (nSPS) is 14.8. The van der Waals surface area contributed by atoms with Crippen LogP contribution < -0.4 is 14.4 Å². The SMILES string of the molecule is COc1ccc(CS(=O)(=O)NCCCc2ccc(N3CCCCC3)cc2)cc1. The molecule has 1 heterocycles. The molecule has 0 aliphatic carbocycles. The molecule has 0 radical (unpaired) electrons. The number of rotatable bonds is 9. The van der Waals surface area contributed by atoms with E-state index in [9.17, 15) is 8.42 Å². The average molecular weight is 403 g/mol. The molecule has 1 aliphatic rings. The van der Waals surface area contributed by atoms with Gasteiger partial charge < -0.3 is 9.64 Å². The molecule has 3 rings (SSSR count). The van der Waals surface area contributed by atoms with E-state index in [0.717, 1.165) is 37.2 Å². The number of benzene rings is 2. The van der Waals surface area contributed by atoms with Crippen LogP contribution >= 0.6 is 0 Å². The van der Waals surface area contributed by atoms with Gasteiger partial charge in [0.15, 0.2) is 0 Å². The van der Waals surface area contributed by atoms with Gasteiger partial charge in [0.05, 0.1) is 12.9 Å². The first-order chi connectivity index (χ1) is 13.6. The maximum Gasteiger partial charge on any atom is 0.215 e. The van der Waals surface area contributed by atoms with Gasteiger partial charge in [0.2, 0.25) is 10.0 Å². The van der Waals surface area contributed by atoms with E-state index in [1.165, 1.54) is 30.5 Å². The number of methoxy groups -OCH3 is 1. The first-order valence-corrected chi connectivity index (χ1v) is 11.7. The van der Waals surface area contributed by atoms with E-state index in [-0.39, 0.29) is 5.75 Å². The fourth-order valence-electron chi connectivity index (χ4n) is 3.54. The molecule has 0 atom stereocenters. The van der Waals surface area contributed by atoms with Crippen LogP contribution in [-0.4, -0.2) is 35.2 Å². The summed E-state index contributed by atoms with van der Waals surface area (Å²) in [6.07, 6.45) is 5.54. The van der Waals surface area contributed by atoms with E-state index in [1.807, 2.05) is 0 Å². The molecular weight excluding hydrogens is 372 g/mol. The second kappa shape index (κ2) is 9.94. The standard InChI is InChI=1S/C22H30N2O3S/c1-27-22-13-9-20(10-14-22)18-28(25,26)23-15-5-6-19-7-11-21(12-8-19)24-16-3-2-4-17-24/h7-14,23H,2-6,15-18H2,1H3. The lowest BCUT2D eigenvalue weighted by molar-refractivity contribution is 0.414. The quantitative estimate of drug-likeness (QED) is 0.649. The minimum Gasteiger partial charge on any atom is -0.497 e. The summed E-state index contributed by atoms with van der Waals surface area (Å²) >= 11 is 0. The van der Waals surface area contributed by atoms with Crippen molar-refractivity contribution >= 4 is 15.7 Å². The predicted molar refractivity (Wildman–Crippen MR) is 114 cm³/mol. The van der Waals surface area contributed by atoms with Gasteiger partial charge in [-0.15, -0.1) is 0 Å². The Labute approximate surface area is 168 Å². The lowest BCUT2D eigenvalue weighted by Gasteiger charge is -2.28. The molecule has 2 aromatic rings. The van der Waals surface area contributed by atoms with E-state index < -0.39 is 10.0 Å². The second-order valence-electron chi connectivity index (χ2n) is 7.32. The third kappa shape index (κ3) is 6.24. The van der Waals surface area contributed by atoms with Crippen LogP contribution in [0.1, 0.15) is 36.8 Å². The zero-order valence-corrected chi connectivity index (χ0v) is 17.4. The zero-order chi connectivity index (χ0) is 19.8. The summed E-state index contributed by atoms with van der Waals surface area (Å²) in [7, 11) is -1.74. The predicted octanol–water partition coefficient (Wildman–Crippen LogP) is 3.74. The molecule has 0 amide bonds. The molecule has 0 unspecified atom stereocenters. The van der Waals surface area contributed by atoms with Gasteiger partial charge in [0.25, 0.3) is 0 Å². The summed E-state index contributed by atoms with van der Waals surface area (Å²) in [5, 5.41) is 0. The second-order valence-corrected chi connectivity index (χ2v) is 9.13. The molecule has 0 aromatic heterocycles. The van der Waals surface area contributed by atoms with Gasteiger partial charge in [-0.05, 0) is 67.5 Å². The van der Waals surface area contributed by atoms with Gasteiger partial charge in [0.1, 0.15) is 5.75 Å². The lowest BCUT2D eigenvalue weighted by Crippen LogP contribution is -2.29.